The summed E-state index contributed by atoms with van der Waals surface area (Å²) >= 11 is 0. The van der Waals surface area contributed by atoms with Gasteiger partial charge in [-0.2, -0.15) is 0 Å². The van der Waals surface area contributed by atoms with E-state index in [1.165, 1.54) is 6.20 Å². The van der Waals surface area contributed by atoms with E-state index in [1.807, 2.05) is 6.92 Å². The first-order valence-corrected chi connectivity index (χ1v) is 5.65. The molecule has 0 unspecified atom stereocenters. The molecule has 1 aromatic rings. The molecule has 5 heteroatoms. The SMILES string of the molecule is CCCC[C@@H](NC(=O)c1cccnc1)C(N)=O. The topological polar surface area (TPSA) is 85.1 Å². The number of hydrogen-bond acceptors (Lipinski definition) is 3. The maximum atomic E-state index is 11.8. The number of nitrogens with zero attached hydrogens (tertiary/aromatic N) is 1. The molecule has 0 aliphatic heterocycles. The minimum atomic E-state index is -0.609. The van der Waals surface area contributed by atoms with Crippen LogP contribution in [0.4, 0.5) is 0 Å². The van der Waals surface area contributed by atoms with E-state index in [-0.39, 0.29) is 5.91 Å². The summed E-state index contributed by atoms with van der Waals surface area (Å²) < 4.78 is 0. The Hall–Kier alpha value is -1.91. The number of unbranched alkanes of at least 4 members (excludes halogenated alkanes) is 1. The minimum Gasteiger partial charge on any atom is -0.368 e. The highest BCUT2D eigenvalue weighted by atomic mass is 16.2. The molecule has 5 nitrogen and oxygen atoms in total. The van der Waals surface area contributed by atoms with Crippen LogP contribution in [0.25, 0.3) is 0 Å². The standard InChI is InChI=1S/C12H17N3O2/c1-2-3-6-10(11(13)16)15-12(17)9-5-4-7-14-8-9/h4-5,7-8,10H,2-3,6H2,1H3,(H2,13,16)(H,15,17)/t10-/m1/s1. The van der Waals surface area contributed by atoms with Crippen LogP contribution < -0.4 is 11.1 Å². The number of primary amides is 1. The molecule has 1 aromatic heterocycles. The van der Waals surface area contributed by atoms with Gasteiger partial charge in [0.15, 0.2) is 0 Å². The Morgan fingerprint density at radius 2 is 2.29 bits per heavy atom. The summed E-state index contributed by atoms with van der Waals surface area (Å²) in [6.45, 7) is 2.01. The van der Waals surface area contributed by atoms with Crippen molar-refractivity contribution in [3.05, 3.63) is 30.1 Å². The maximum Gasteiger partial charge on any atom is 0.253 e. The van der Waals surface area contributed by atoms with E-state index in [1.54, 1.807) is 18.3 Å². The summed E-state index contributed by atoms with van der Waals surface area (Å²) in [4.78, 5) is 26.8. The lowest BCUT2D eigenvalue weighted by atomic mass is 10.1. The molecular formula is C12H17N3O2. The summed E-state index contributed by atoms with van der Waals surface area (Å²) in [5, 5.41) is 2.61. The summed E-state index contributed by atoms with van der Waals surface area (Å²) in [6.07, 6.45) is 5.40. The number of carbonyl (C=O) groups excluding carboxylic acids is 2. The van der Waals surface area contributed by atoms with Crippen molar-refractivity contribution in [3.8, 4) is 0 Å². The molecule has 0 spiro atoms. The van der Waals surface area contributed by atoms with Crippen LogP contribution in [0.5, 0.6) is 0 Å². The van der Waals surface area contributed by atoms with Crippen molar-refractivity contribution < 1.29 is 9.59 Å². The first-order valence-electron chi connectivity index (χ1n) is 5.65. The Morgan fingerprint density at radius 1 is 1.53 bits per heavy atom. The van der Waals surface area contributed by atoms with Crippen molar-refractivity contribution in [1.82, 2.24) is 10.3 Å². The summed E-state index contributed by atoms with van der Waals surface area (Å²) in [6, 6.07) is 2.70. The predicted molar refractivity (Wildman–Crippen MR) is 64.2 cm³/mol. The molecule has 0 bridgehead atoms. The second-order valence-corrected chi connectivity index (χ2v) is 3.81. The number of nitrogens with two attached hydrogens (primary N) is 1. The zero-order chi connectivity index (χ0) is 12.7. The molecular weight excluding hydrogens is 218 g/mol. The Balaban J connectivity index is 2.61. The van der Waals surface area contributed by atoms with E-state index in [0.717, 1.165) is 12.8 Å². The number of hydrogen-bond donors (Lipinski definition) is 2. The van der Waals surface area contributed by atoms with Crippen molar-refractivity contribution in [3.63, 3.8) is 0 Å². The Kier molecular flexibility index (Phi) is 5.13. The van der Waals surface area contributed by atoms with Crippen molar-refractivity contribution in [1.29, 1.82) is 0 Å². The highest BCUT2D eigenvalue weighted by Crippen LogP contribution is 2.02. The number of carbonyl (C=O) groups is 2. The lowest BCUT2D eigenvalue weighted by molar-refractivity contribution is -0.120. The highest BCUT2D eigenvalue weighted by Gasteiger charge is 2.18. The zero-order valence-electron chi connectivity index (χ0n) is 9.85. The monoisotopic (exact) mass is 235 g/mol. The van der Waals surface area contributed by atoms with Gasteiger partial charge in [0.2, 0.25) is 5.91 Å². The van der Waals surface area contributed by atoms with E-state index < -0.39 is 11.9 Å². The van der Waals surface area contributed by atoms with Crippen LogP contribution in [-0.4, -0.2) is 22.8 Å². The van der Waals surface area contributed by atoms with Gasteiger partial charge in [0.1, 0.15) is 6.04 Å². The third kappa shape index (κ3) is 4.22. The molecule has 2 amide bonds. The van der Waals surface area contributed by atoms with Crippen LogP contribution in [-0.2, 0) is 4.79 Å². The summed E-state index contributed by atoms with van der Waals surface area (Å²) in [5.74, 6) is -0.825. The number of nitrogens with one attached hydrogen (secondary N) is 1. The van der Waals surface area contributed by atoms with Crippen LogP contribution in [0.2, 0.25) is 0 Å². The lowest BCUT2D eigenvalue weighted by Crippen LogP contribution is -2.44. The third-order valence-corrected chi connectivity index (χ3v) is 2.42. The van der Waals surface area contributed by atoms with Gasteiger partial charge in [-0.15, -0.1) is 0 Å². The molecule has 1 heterocycles. The lowest BCUT2D eigenvalue weighted by Gasteiger charge is -2.14. The molecule has 0 saturated carbocycles. The fraction of sp³-hybridized carbons (Fsp3) is 0.417. The Bertz CT molecular complexity index is 379. The fourth-order valence-corrected chi connectivity index (χ4v) is 1.43. The van der Waals surface area contributed by atoms with Crippen LogP contribution in [0.15, 0.2) is 24.5 Å². The van der Waals surface area contributed by atoms with E-state index >= 15 is 0 Å². The summed E-state index contributed by atoms with van der Waals surface area (Å²) in [5.41, 5.74) is 5.66. The van der Waals surface area contributed by atoms with Gasteiger partial charge in [0.05, 0.1) is 5.56 Å². The zero-order valence-corrected chi connectivity index (χ0v) is 9.85. The molecule has 0 saturated heterocycles. The van der Waals surface area contributed by atoms with Gasteiger partial charge in [-0.25, -0.2) is 0 Å². The molecule has 0 fully saturated rings. The molecule has 0 aliphatic rings. The van der Waals surface area contributed by atoms with Crippen molar-refractivity contribution >= 4 is 11.8 Å². The van der Waals surface area contributed by atoms with Gasteiger partial charge in [-0.1, -0.05) is 19.8 Å². The van der Waals surface area contributed by atoms with E-state index in [0.29, 0.717) is 12.0 Å². The molecule has 17 heavy (non-hydrogen) atoms. The van der Waals surface area contributed by atoms with Crippen molar-refractivity contribution in [2.24, 2.45) is 5.73 Å². The first-order chi connectivity index (χ1) is 8.15. The van der Waals surface area contributed by atoms with Crippen LogP contribution in [0.1, 0.15) is 36.5 Å². The quantitative estimate of drug-likeness (QED) is 0.766. The Morgan fingerprint density at radius 3 is 2.82 bits per heavy atom. The second-order valence-electron chi connectivity index (χ2n) is 3.81. The van der Waals surface area contributed by atoms with Gasteiger partial charge in [-0.3, -0.25) is 14.6 Å². The van der Waals surface area contributed by atoms with E-state index in [2.05, 4.69) is 10.3 Å². The van der Waals surface area contributed by atoms with Crippen molar-refractivity contribution in [2.45, 2.75) is 32.2 Å². The average Bonchev–Trinajstić information content (AvgIpc) is 2.35. The molecule has 0 radical (unpaired) electrons. The largest absolute Gasteiger partial charge is 0.368 e. The molecule has 1 rings (SSSR count). The maximum absolute atomic E-state index is 11.8. The predicted octanol–water partition coefficient (Wildman–Crippen LogP) is 0.855. The minimum absolute atomic E-state index is 0.321. The molecule has 0 aromatic carbocycles. The number of pyridine rings is 1. The number of rotatable bonds is 6. The molecule has 3 N–H and O–H groups in total. The van der Waals surface area contributed by atoms with E-state index in [4.69, 9.17) is 5.73 Å². The Labute approximate surface area is 100 Å². The summed E-state index contributed by atoms with van der Waals surface area (Å²) in [7, 11) is 0. The van der Waals surface area contributed by atoms with Gasteiger partial charge < -0.3 is 11.1 Å². The van der Waals surface area contributed by atoms with E-state index in [9.17, 15) is 9.59 Å². The highest BCUT2D eigenvalue weighted by molar-refractivity contribution is 5.96. The fourth-order valence-electron chi connectivity index (χ4n) is 1.43. The van der Waals surface area contributed by atoms with Gasteiger partial charge in [-0.05, 0) is 18.6 Å². The second kappa shape index (κ2) is 6.62. The smallest absolute Gasteiger partial charge is 0.253 e. The molecule has 0 aliphatic carbocycles. The number of amides is 2. The van der Waals surface area contributed by atoms with Gasteiger partial charge in [0, 0.05) is 12.4 Å². The van der Waals surface area contributed by atoms with Crippen LogP contribution >= 0.6 is 0 Å². The number of aromatic nitrogens is 1. The normalized spacial score (nSPS) is 11.8. The van der Waals surface area contributed by atoms with Gasteiger partial charge >= 0.3 is 0 Å². The van der Waals surface area contributed by atoms with Crippen LogP contribution in [0, 0.1) is 0 Å². The van der Waals surface area contributed by atoms with Crippen molar-refractivity contribution in [2.75, 3.05) is 0 Å². The molecule has 1 atom stereocenters. The van der Waals surface area contributed by atoms with Gasteiger partial charge in [0.25, 0.3) is 5.91 Å². The third-order valence-electron chi connectivity index (χ3n) is 2.42. The average molecular weight is 235 g/mol. The van der Waals surface area contributed by atoms with Crippen LogP contribution in [0.3, 0.4) is 0 Å². The molecule has 92 valence electrons. The first kappa shape index (κ1) is 13.2.